The largest absolute Gasteiger partial charge is 0.494 e. The van der Waals surface area contributed by atoms with Crippen LogP contribution in [0.5, 0.6) is 5.88 Å². The van der Waals surface area contributed by atoms with Gasteiger partial charge in [0.05, 0.1) is 22.5 Å². The van der Waals surface area contributed by atoms with Crippen LogP contribution in [0.25, 0.3) is 10.9 Å². The molecule has 5 rings (SSSR count). The van der Waals surface area contributed by atoms with Gasteiger partial charge in [0.2, 0.25) is 0 Å². The smallest absolute Gasteiger partial charge is 0.303 e. The number of thioether (sulfide) groups is 1. The number of benzene rings is 3. The lowest BCUT2D eigenvalue weighted by Gasteiger charge is -2.26. The molecule has 3 aromatic carbocycles. The van der Waals surface area contributed by atoms with Crippen molar-refractivity contribution in [2.75, 3.05) is 24.6 Å². The second-order valence-corrected chi connectivity index (χ2v) is 10.8. The zero-order valence-corrected chi connectivity index (χ0v) is 21.9. The van der Waals surface area contributed by atoms with E-state index in [0.29, 0.717) is 22.7 Å². The Balaban J connectivity index is 1.51. The normalized spacial score (nSPS) is 14.8. The van der Waals surface area contributed by atoms with Gasteiger partial charge in [-0.1, -0.05) is 54.1 Å². The molecule has 1 aliphatic rings. The average molecular weight is 534 g/mol. The van der Waals surface area contributed by atoms with Gasteiger partial charge in [0.15, 0.2) is 5.88 Å². The molecule has 6 nitrogen and oxygen atoms in total. The van der Waals surface area contributed by atoms with E-state index < -0.39 is 5.97 Å². The van der Waals surface area contributed by atoms with E-state index in [1.165, 1.54) is 17.1 Å². The maximum atomic E-state index is 11.0. The van der Waals surface area contributed by atoms with Crippen molar-refractivity contribution in [2.45, 2.75) is 19.4 Å². The summed E-state index contributed by atoms with van der Waals surface area (Å²) in [5, 5.41) is 21.3. The van der Waals surface area contributed by atoms with E-state index in [-0.39, 0.29) is 12.3 Å². The topological polar surface area (TPSA) is 88.9 Å². The van der Waals surface area contributed by atoms with Crippen molar-refractivity contribution < 1.29 is 15.0 Å². The average Bonchev–Trinajstić information content (AvgIpc) is 3.22. The second kappa shape index (κ2) is 11.4. The minimum absolute atomic E-state index is 0.0190. The minimum atomic E-state index is -0.823. The lowest BCUT2D eigenvalue weighted by molar-refractivity contribution is -0.136. The zero-order chi connectivity index (χ0) is 25.8. The summed E-state index contributed by atoms with van der Waals surface area (Å²) in [6.45, 7) is 3.15. The summed E-state index contributed by atoms with van der Waals surface area (Å²) >= 11 is 8.19. The lowest BCUT2D eigenvalue weighted by atomic mass is 9.98. The predicted octanol–water partition coefficient (Wildman–Crippen LogP) is 6.26. The zero-order valence-electron chi connectivity index (χ0n) is 20.3. The van der Waals surface area contributed by atoms with Gasteiger partial charge in [0.25, 0.3) is 0 Å². The highest BCUT2D eigenvalue weighted by Gasteiger charge is 2.19. The predicted molar refractivity (Wildman–Crippen MR) is 152 cm³/mol. The fraction of sp³-hybridized carbons (Fsp3) is 0.241. The number of aromatic amines is 1. The van der Waals surface area contributed by atoms with Crippen LogP contribution in [-0.2, 0) is 17.8 Å². The summed E-state index contributed by atoms with van der Waals surface area (Å²) in [5.74, 6) is 1.56. The fourth-order valence-corrected chi connectivity index (χ4v) is 5.71. The summed E-state index contributed by atoms with van der Waals surface area (Å²) in [7, 11) is 0. The number of rotatable bonds is 8. The summed E-state index contributed by atoms with van der Waals surface area (Å²) in [6.07, 6.45) is 0.531. The van der Waals surface area contributed by atoms with E-state index >= 15 is 0 Å². The van der Waals surface area contributed by atoms with Gasteiger partial charge < -0.3 is 15.2 Å². The molecule has 0 unspecified atom stereocenters. The van der Waals surface area contributed by atoms with E-state index in [1.807, 2.05) is 54.2 Å². The van der Waals surface area contributed by atoms with Gasteiger partial charge in [-0.3, -0.25) is 9.69 Å². The van der Waals surface area contributed by atoms with Crippen LogP contribution in [0.15, 0.2) is 71.7 Å². The number of nitrogens with zero attached hydrogens (tertiary/aromatic N) is 2. The van der Waals surface area contributed by atoms with Gasteiger partial charge >= 0.3 is 5.97 Å². The third-order valence-electron chi connectivity index (χ3n) is 6.52. The number of nitrogens with one attached hydrogen (secondary N) is 1. The first-order valence-corrected chi connectivity index (χ1v) is 13.8. The number of aliphatic carboxylic acids is 1. The second-order valence-electron chi connectivity index (χ2n) is 9.14. The molecule has 190 valence electrons. The molecular formula is C29H28ClN3O3S. The number of fused-ring (bicyclic) bond motifs is 1. The van der Waals surface area contributed by atoms with Crippen LogP contribution in [-0.4, -0.2) is 56.4 Å². The third kappa shape index (κ3) is 6.18. The van der Waals surface area contributed by atoms with Crippen molar-refractivity contribution in [1.29, 1.82) is 0 Å². The van der Waals surface area contributed by atoms with Crippen LogP contribution in [0.2, 0.25) is 5.02 Å². The van der Waals surface area contributed by atoms with Crippen molar-refractivity contribution >= 4 is 51.6 Å². The Morgan fingerprint density at radius 2 is 1.70 bits per heavy atom. The Bertz CT molecular complexity index is 1430. The number of hydrogen-bond acceptors (Lipinski definition) is 5. The number of hydrogen-bond donors (Lipinski definition) is 3. The van der Waals surface area contributed by atoms with Crippen LogP contribution in [0.3, 0.4) is 0 Å². The molecule has 0 atom stereocenters. The Labute approximate surface area is 225 Å². The number of aromatic hydroxyl groups is 1. The van der Waals surface area contributed by atoms with Gasteiger partial charge in [0.1, 0.15) is 0 Å². The van der Waals surface area contributed by atoms with Crippen molar-refractivity contribution in [3.63, 3.8) is 0 Å². The molecule has 0 saturated carbocycles. The molecular weight excluding hydrogens is 506 g/mol. The molecule has 1 saturated heterocycles. The monoisotopic (exact) mass is 533 g/mol. The molecule has 2 heterocycles. The van der Waals surface area contributed by atoms with Crippen LogP contribution in [0, 0.1) is 0 Å². The lowest BCUT2D eigenvalue weighted by Crippen LogP contribution is -2.31. The van der Waals surface area contributed by atoms with E-state index in [9.17, 15) is 9.90 Å². The van der Waals surface area contributed by atoms with Crippen LogP contribution in [0.1, 0.15) is 28.7 Å². The molecule has 0 bridgehead atoms. The minimum Gasteiger partial charge on any atom is -0.494 e. The van der Waals surface area contributed by atoms with E-state index in [4.69, 9.17) is 21.7 Å². The maximum absolute atomic E-state index is 11.0. The maximum Gasteiger partial charge on any atom is 0.303 e. The number of H-pyrrole nitrogens is 1. The summed E-state index contributed by atoms with van der Waals surface area (Å²) < 4.78 is 0. The number of carbonyl (C=O) groups is 1. The first-order valence-electron chi connectivity index (χ1n) is 12.3. The SMILES string of the molecule is O=C(O)CCc1ccc(C(=Nc2ccc(CN3CCSCC3)cc2)c2c(O)[nH]c3cc(Cl)ccc23)cc1. The Kier molecular flexibility index (Phi) is 7.84. The summed E-state index contributed by atoms with van der Waals surface area (Å²) in [6, 6.07) is 21.4. The molecule has 37 heavy (non-hydrogen) atoms. The van der Waals surface area contributed by atoms with Crippen molar-refractivity contribution in [3.8, 4) is 5.88 Å². The first kappa shape index (κ1) is 25.4. The molecule has 1 aliphatic heterocycles. The van der Waals surface area contributed by atoms with Crippen LogP contribution < -0.4 is 0 Å². The van der Waals surface area contributed by atoms with Gasteiger partial charge in [-0.2, -0.15) is 11.8 Å². The number of aryl methyl sites for hydroxylation is 1. The first-order chi connectivity index (χ1) is 18.0. The van der Waals surface area contributed by atoms with Crippen molar-refractivity contribution in [1.82, 2.24) is 9.88 Å². The van der Waals surface area contributed by atoms with Gasteiger partial charge in [-0.05, 0) is 41.8 Å². The van der Waals surface area contributed by atoms with E-state index in [0.717, 1.165) is 47.4 Å². The highest BCUT2D eigenvalue weighted by Crippen LogP contribution is 2.33. The molecule has 1 aromatic heterocycles. The Hall–Kier alpha value is -3.26. The van der Waals surface area contributed by atoms with Gasteiger partial charge in [0, 0.05) is 53.5 Å². The summed E-state index contributed by atoms with van der Waals surface area (Å²) in [5.41, 5.74) is 5.73. The third-order valence-corrected chi connectivity index (χ3v) is 7.70. The molecule has 0 spiro atoms. The quantitative estimate of drug-likeness (QED) is 0.232. The van der Waals surface area contributed by atoms with Crippen LogP contribution in [0.4, 0.5) is 5.69 Å². The highest BCUT2D eigenvalue weighted by atomic mass is 35.5. The van der Waals surface area contributed by atoms with Crippen molar-refractivity contribution in [2.24, 2.45) is 4.99 Å². The molecule has 4 aromatic rings. The van der Waals surface area contributed by atoms with Crippen molar-refractivity contribution in [3.05, 3.63) is 94.0 Å². The molecule has 0 radical (unpaired) electrons. The van der Waals surface area contributed by atoms with E-state index in [1.54, 1.807) is 12.1 Å². The van der Waals surface area contributed by atoms with Crippen LogP contribution >= 0.6 is 23.4 Å². The van der Waals surface area contributed by atoms with Gasteiger partial charge in [-0.25, -0.2) is 4.99 Å². The number of aliphatic imine (C=N–C) groups is 1. The molecule has 0 amide bonds. The number of aromatic nitrogens is 1. The Morgan fingerprint density at radius 3 is 2.41 bits per heavy atom. The molecule has 0 aliphatic carbocycles. The molecule has 3 N–H and O–H groups in total. The van der Waals surface area contributed by atoms with E-state index in [2.05, 4.69) is 22.0 Å². The molecule has 1 fully saturated rings. The Morgan fingerprint density at radius 1 is 1.00 bits per heavy atom. The fourth-order valence-electron chi connectivity index (χ4n) is 4.56. The standard InChI is InChI=1S/C29H28ClN3O3S/c30-22-8-11-24-25(17-22)32-29(36)27(24)28(21-6-1-19(2-7-21)5-12-26(34)35)31-23-9-3-20(4-10-23)18-33-13-15-37-16-14-33/h1-4,6-11,17,32,36H,5,12-16,18H2,(H,34,35). The number of carboxylic acids is 1. The van der Waals surface area contributed by atoms with Gasteiger partial charge in [-0.15, -0.1) is 0 Å². The highest BCUT2D eigenvalue weighted by molar-refractivity contribution is 7.99. The molecule has 8 heteroatoms. The number of carboxylic acid groups (broad SMARTS) is 1. The summed E-state index contributed by atoms with van der Waals surface area (Å²) in [4.78, 5) is 21.4. The number of halogens is 1.